The lowest BCUT2D eigenvalue weighted by atomic mass is 9.75. The van der Waals surface area contributed by atoms with Gasteiger partial charge >= 0.3 is 0 Å². The van der Waals surface area contributed by atoms with Gasteiger partial charge in [-0.1, -0.05) is 42.8 Å². The first kappa shape index (κ1) is 24.6. The number of nitrogens with zero attached hydrogens (tertiary/aromatic N) is 3. The summed E-state index contributed by atoms with van der Waals surface area (Å²) in [5, 5.41) is 0. The number of imide groups is 1. The van der Waals surface area contributed by atoms with E-state index in [0.717, 1.165) is 43.5 Å². The summed E-state index contributed by atoms with van der Waals surface area (Å²) >= 11 is 0. The van der Waals surface area contributed by atoms with Gasteiger partial charge in [-0.05, 0) is 49.3 Å². The van der Waals surface area contributed by atoms with E-state index >= 15 is 0 Å². The van der Waals surface area contributed by atoms with Crippen LogP contribution in [0.2, 0.25) is 0 Å². The molecule has 2 atom stereocenters. The van der Waals surface area contributed by atoms with Gasteiger partial charge in [0.15, 0.2) is 0 Å². The van der Waals surface area contributed by atoms with E-state index < -0.39 is 5.41 Å². The van der Waals surface area contributed by atoms with Crippen molar-refractivity contribution in [3.8, 4) is 0 Å². The summed E-state index contributed by atoms with van der Waals surface area (Å²) in [5.41, 5.74) is 0.390. The molecule has 1 saturated carbocycles. The van der Waals surface area contributed by atoms with Gasteiger partial charge in [0, 0.05) is 57.4 Å². The molecule has 2 aliphatic heterocycles. The van der Waals surface area contributed by atoms with Gasteiger partial charge in [0.1, 0.15) is 0 Å². The van der Waals surface area contributed by atoms with Crippen LogP contribution in [0.15, 0.2) is 54.7 Å². The fraction of sp³-hybridized carbons (Fsp3) is 0.517. The van der Waals surface area contributed by atoms with Crippen molar-refractivity contribution in [3.63, 3.8) is 0 Å². The minimum Gasteiger partial charge on any atom is -0.376 e. The molecule has 1 aromatic carbocycles. The van der Waals surface area contributed by atoms with Gasteiger partial charge in [0.2, 0.25) is 17.7 Å². The number of aromatic nitrogens is 1. The quantitative estimate of drug-likeness (QED) is 0.477. The van der Waals surface area contributed by atoms with E-state index in [9.17, 15) is 14.4 Å². The molecule has 3 heterocycles. The molecule has 0 bridgehead atoms. The van der Waals surface area contributed by atoms with E-state index in [0.29, 0.717) is 25.4 Å². The highest BCUT2D eigenvalue weighted by Crippen LogP contribution is 2.41. The Labute approximate surface area is 212 Å². The van der Waals surface area contributed by atoms with Crippen molar-refractivity contribution in [1.29, 1.82) is 0 Å². The van der Waals surface area contributed by atoms with Crippen LogP contribution in [-0.2, 0) is 31.0 Å². The molecule has 1 aromatic heterocycles. The molecule has 5 rings (SSSR count). The van der Waals surface area contributed by atoms with Gasteiger partial charge < -0.3 is 9.64 Å². The van der Waals surface area contributed by atoms with Crippen molar-refractivity contribution in [2.45, 2.75) is 62.9 Å². The third kappa shape index (κ3) is 5.21. The summed E-state index contributed by atoms with van der Waals surface area (Å²) in [4.78, 5) is 48.6. The van der Waals surface area contributed by atoms with Crippen LogP contribution in [0.1, 0.15) is 56.2 Å². The van der Waals surface area contributed by atoms with Gasteiger partial charge in [-0.25, -0.2) is 0 Å². The number of rotatable bonds is 10. The Morgan fingerprint density at radius 2 is 1.83 bits per heavy atom. The lowest BCUT2D eigenvalue weighted by Crippen LogP contribution is -2.47. The second kappa shape index (κ2) is 10.9. The number of likely N-dealkylation sites (tertiary alicyclic amines) is 1. The molecule has 0 spiro atoms. The predicted octanol–water partition coefficient (Wildman–Crippen LogP) is 3.52. The summed E-state index contributed by atoms with van der Waals surface area (Å²) in [6.07, 6.45) is 7.72. The van der Waals surface area contributed by atoms with Crippen molar-refractivity contribution in [2.75, 3.05) is 26.2 Å². The average Bonchev–Trinajstić information content (AvgIpc) is 3.47. The first-order valence-electron chi connectivity index (χ1n) is 13.2. The van der Waals surface area contributed by atoms with Crippen LogP contribution in [0.25, 0.3) is 0 Å². The SMILES string of the molecule is O=C(C[C@@]1(c2ccccc2)CC(=O)N(CCc2ccccn2)C1=O)N(CC1CCC1)C[C@@H]1CCCO1. The summed E-state index contributed by atoms with van der Waals surface area (Å²) in [6.45, 7) is 2.27. The number of hydrogen-bond donors (Lipinski definition) is 0. The van der Waals surface area contributed by atoms with E-state index in [-0.39, 0.29) is 43.2 Å². The second-order valence-electron chi connectivity index (χ2n) is 10.5. The van der Waals surface area contributed by atoms with E-state index in [1.165, 1.54) is 11.3 Å². The van der Waals surface area contributed by atoms with Crippen molar-refractivity contribution < 1.29 is 19.1 Å². The molecule has 0 unspecified atom stereocenters. The summed E-state index contributed by atoms with van der Waals surface area (Å²) in [7, 11) is 0. The standard InChI is InChI=1S/C29H35N3O4/c33-26(31(20-22-8-6-9-22)21-25-13-7-17-36-25)18-29(23-10-2-1-3-11-23)19-27(34)32(28(29)35)16-14-24-12-4-5-15-30-24/h1-5,10-12,15,22,25H,6-9,13-14,16-21H2/t25-,29-/m0/s1. The Balaban J connectivity index is 1.38. The number of amides is 3. The maximum atomic E-state index is 13.9. The van der Waals surface area contributed by atoms with Gasteiger partial charge in [0.05, 0.1) is 11.5 Å². The molecular weight excluding hydrogens is 454 g/mol. The summed E-state index contributed by atoms with van der Waals surface area (Å²) < 4.78 is 5.85. The minimum atomic E-state index is -1.17. The van der Waals surface area contributed by atoms with Crippen LogP contribution < -0.4 is 0 Å². The molecule has 3 amide bonds. The highest BCUT2D eigenvalue weighted by atomic mass is 16.5. The van der Waals surface area contributed by atoms with Crippen LogP contribution in [0, 0.1) is 5.92 Å². The molecule has 36 heavy (non-hydrogen) atoms. The number of benzene rings is 1. The molecule has 1 aliphatic carbocycles. The fourth-order valence-electron chi connectivity index (χ4n) is 5.69. The summed E-state index contributed by atoms with van der Waals surface area (Å²) in [5.74, 6) is -0.0475. The highest BCUT2D eigenvalue weighted by molar-refractivity contribution is 6.10. The number of ether oxygens (including phenoxy) is 1. The van der Waals surface area contributed by atoms with Gasteiger partial charge in [-0.3, -0.25) is 24.3 Å². The lowest BCUT2D eigenvalue weighted by Gasteiger charge is -2.36. The maximum absolute atomic E-state index is 13.9. The molecule has 7 heteroatoms. The number of pyridine rings is 1. The average molecular weight is 490 g/mol. The Hall–Kier alpha value is -3.06. The molecule has 3 fully saturated rings. The van der Waals surface area contributed by atoms with E-state index in [1.54, 1.807) is 6.20 Å². The third-order valence-corrected chi connectivity index (χ3v) is 8.01. The maximum Gasteiger partial charge on any atom is 0.240 e. The molecule has 190 valence electrons. The smallest absolute Gasteiger partial charge is 0.240 e. The molecule has 7 nitrogen and oxygen atoms in total. The van der Waals surface area contributed by atoms with Crippen LogP contribution in [0.3, 0.4) is 0 Å². The molecule has 2 aromatic rings. The molecular formula is C29H35N3O4. The van der Waals surface area contributed by atoms with Crippen molar-refractivity contribution in [3.05, 3.63) is 66.0 Å². The first-order valence-corrected chi connectivity index (χ1v) is 13.2. The minimum absolute atomic E-state index is 0.00110. The van der Waals surface area contributed by atoms with Crippen LogP contribution in [-0.4, -0.2) is 64.9 Å². The van der Waals surface area contributed by atoms with Gasteiger partial charge in [0.25, 0.3) is 0 Å². The van der Waals surface area contributed by atoms with E-state index in [4.69, 9.17) is 4.74 Å². The molecule has 0 N–H and O–H groups in total. The Bertz CT molecular complexity index is 1070. The predicted molar refractivity (Wildman–Crippen MR) is 135 cm³/mol. The number of carbonyl (C=O) groups is 3. The molecule has 3 aliphatic rings. The van der Waals surface area contributed by atoms with Gasteiger partial charge in [-0.2, -0.15) is 0 Å². The van der Waals surface area contributed by atoms with Crippen LogP contribution in [0.4, 0.5) is 0 Å². The van der Waals surface area contributed by atoms with E-state index in [1.807, 2.05) is 53.4 Å². The lowest BCUT2D eigenvalue weighted by molar-refractivity contribution is -0.143. The molecule has 2 saturated heterocycles. The van der Waals surface area contributed by atoms with Crippen molar-refractivity contribution in [2.24, 2.45) is 5.92 Å². The number of hydrogen-bond acceptors (Lipinski definition) is 5. The highest BCUT2D eigenvalue weighted by Gasteiger charge is 2.54. The zero-order chi connectivity index (χ0) is 25.0. The topological polar surface area (TPSA) is 79.8 Å². The second-order valence-corrected chi connectivity index (χ2v) is 10.5. The van der Waals surface area contributed by atoms with Crippen LogP contribution >= 0.6 is 0 Å². The largest absolute Gasteiger partial charge is 0.376 e. The fourth-order valence-corrected chi connectivity index (χ4v) is 5.69. The summed E-state index contributed by atoms with van der Waals surface area (Å²) in [6, 6.07) is 15.0. The monoisotopic (exact) mass is 489 g/mol. The first-order chi connectivity index (χ1) is 17.5. The zero-order valence-electron chi connectivity index (χ0n) is 20.8. The normalized spacial score (nSPS) is 24.2. The van der Waals surface area contributed by atoms with Gasteiger partial charge in [-0.15, -0.1) is 0 Å². The Morgan fingerprint density at radius 3 is 2.50 bits per heavy atom. The van der Waals surface area contributed by atoms with Crippen LogP contribution in [0.5, 0.6) is 0 Å². The third-order valence-electron chi connectivity index (χ3n) is 8.01. The zero-order valence-corrected chi connectivity index (χ0v) is 20.8. The Kier molecular flexibility index (Phi) is 7.46. The Morgan fingerprint density at radius 1 is 1.03 bits per heavy atom. The van der Waals surface area contributed by atoms with Crippen molar-refractivity contribution >= 4 is 17.7 Å². The molecule has 0 radical (unpaired) electrons. The number of carbonyl (C=O) groups excluding carboxylic acids is 3. The van der Waals surface area contributed by atoms with E-state index in [2.05, 4.69) is 4.98 Å². The van der Waals surface area contributed by atoms with Crippen molar-refractivity contribution in [1.82, 2.24) is 14.8 Å².